The fourth-order valence-corrected chi connectivity index (χ4v) is 4.48. The Morgan fingerprint density at radius 2 is 1.64 bits per heavy atom. The lowest BCUT2D eigenvalue weighted by atomic mass is 9.96. The van der Waals surface area contributed by atoms with Crippen molar-refractivity contribution in [3.63, 3.8) is 0 Å². The largest absolute Gasteiger partial charge is 0.333 e. The SMILES string of the molecule is CC1CCCC(C)N1C(=O)c1ccc(CSCC(=O)Nc2ccccc2)cc1. The Bertz CT molecular complexity index is 782. The normalized spacial score (nSPS) is 19.3. The third-order valence-corrected chi connectivity index (χ3v) is 6.19. The summed E-state index contributed by atoms with van der Waals surface area (Å²) < 4.78 is 0. The van der Waals surface area contributed by atoms with Gasteiger partial charge in [-0.1, -0.05) is 30.3 Å². The van der Waals surface area contributed by atoms with Crippen LogP contribution in [0.15, 0.2) is 54.6 Å². The zero-order valence-electron chi connectivity index (χ0n) is 16.6. The van der Waals surface area contributed by atoms with Gasteiger partial charge in [0.15, 0.2) is 0 Å². The molecule has 0 aliphatic carbocycles. The van der Waals surface area contributed by atoms with Crippen molar-refractivity contribution in [2.45, 2.75) is 50.9 Å². The zero-order chi connectivity index (χ0) is 19.9. The van der Waals surface area contributed by atoms with Crippen LogP contribution in [0.1, 0.15) is 49.0 Å². The van der Waals surface area contributed by atoms with E-state index in [1.807, 2.05) is 59.5 Å². The minimum Gasteiger partial charge on any atom is -0.333 e. The van der Waals surface area contributed by atoms with E-state index in [0.717, 1.165) is 35.4 Å². The minimum absolute atomic E-state index is 0.00364. The summed E-state index contributed by atoms with van der Waals surface area (Å²) in [5, 5.41) is 2.89. The summed E-state index contributed by atoms with van der Waals surface area (Å²) in [5.74, 6) is 1.27. The molecule has 0 radical (unpaired) electrons. The Morgan fingerprint density at radius 3 is 2.29 bits per heavy atom. The highest BCUT2D eigenvalue weighted by Gasteiger charge is 2.29. The molecule has 1 aliphatic rings. The first-order valence-corrected chi connectivity index (χ1v) is 11.0. The fraction of sp³-hybridized carbons (Fsp3) is 0.391. The van der Waals surface area contributed by atoms with Gasteiger partial charge >= 0.3 is 0 Å². The van der Waals surface area contributed by atoms with Gasteiger partial charge < -0.3 is 10.2 Å². The number of nitrogens with zero attached hydrogens (tertiary/aromatic N) is 1. The predicted octanol–water partition coefficient (Wildman–Crippen LogP) is 4.96. The third-order valence-electron chi connectivity index (χ3n) is 5.19. The number of benzene rings is 2. The van der Waals surface area contributed by atoms with Crippen LogP contribution in [0.3, 0.4) is 0 Å². The first-order chi connectivity index (χ1) is 13.5. The lowest BCUT2D eigenvalue weighted by molar-refractivity contribution is -0.113. The van der Waals surface area contributed by atoms with Gasteiger partial charge in [0.2, 0.25) is 5.91 Å². The average molecular weight is 397 g/mol. The number of para-hydroxylation sites is 1. The van der Waals surface area contributed by atoms with Gasteiger partial charge in [-0.25, -0.2) is 0 Å². The van der Waals surface area contributed by atoms with Crippen LogP contribution >= 0.6 is 11.8 Å². The number of anilines is 1. The van der Waals surface area contributed by atoms with Gasteiger partial charge in [0.1, 0.15) is 0 Å². The second-order valence-electron chi connectivity index (χ2n) is 7.45. The number of rotatable bonds is 6. The van der Waals surface area contributed by atoms with Gasteiger partial charge in [-0.2, -0.15) is 0 Å². The quantitative estimate of drug-likeness (QED) is 0.751. The molecule has 0 spiro atoms. The van der Waals surface area contributed by atoms with E-state index in [4.69, 9.17) is 0 Å². The van der Waals surface area contributed by atoms with Crippen molar-refractivity contribution >= 4 is 29.3 Å². The molecule has 1 saturated heterocycles. The Balaban J connectivity index is 1.49. The fourth-order valence-electron chi connectivity index (χ4n) is 3.69. The zero-order valence-corrected chi connectivity index (χ0v) is 17.4. The smallest absolute Gasteiger partial charge is 0.254 e. The van der Waals surface area contributed by atoms with Gasteiger partial charge in [0.25, 0.3) is 5.91 Å². The van der Waals surface area contributed by atoms with Crippen molar-refractivity contribution < 1.29 is 9.59 Å². The maximum absolute atomic E-state index is 12.9. The number of piperidine rings is 1. The molecule has 0 aromatic heterocycles. The van der Waals surface area contributed by atoms with Crippen LogP contribution in [0.25, 0.3) is 0 Å². The Kier molecular flexibility index (Phi) is 7.15. The molecule has 3 rings (SSSR count). The van der Waals surface area contributed by atoms with Crippen LogP contribution in [0.2, 0.25) is 0 Å². The summed E-state index contributed by atoms with van der Waals surface area (Å²) in [6.07, 6.45) is 3.35. The van der Waals surface area contributed by atoms with Crippen molar-refractivity contribution in [2.24, 2.45) is 0 Å². The van der Waals surface area contributed by atoms with Gasteiger partial charge in [-0.05, 0) is 62.9 Å². The monoisotopic (exact) mass is 396 g/mol. The van der Waals surface area contributed by atoms with Crippen LogP contribution in [0.4, 0.5) is 5.69 Å². The second kappa shape index (κ2) is 9.78. The summed E-state index contributed by atoms with van der Waals surface area (Å²) in [4.78, 5) is 26.9. The number of nitrogens with one attached hydrogen (secondary N) is 1. The van der Waals surface area contributed by atoms with E-state index in [1.165, 1.54) is 6.42 Å². The first kappa shape index (κ1) is 20.5. The van der Waals surface area contributed by atoms with Crippen LogP contribution in [0.5, 0.6) is 0 Å². The molecule has 1 fully saturated rings. The van der Waals surface area contributed by atoms with E-state index in [-0.39, 0.29) is 11.8 Å². The van der Waals surface area contributed by atoms with E-state index < -0.39 is 0 Å². The predicted molar refractivity (Wildman–Crippen MR) is 117 cm³/mol. The highest BCUT2D eigenvalue weighted by Crippen LogP contribution is 2.25. The minimum atomic E-state index is -0.00364. The molecule has 0 bridgehead atoms. The summed E-state index contributed by atoms with van der Waals surface area (Å²) in [5.41, 5.74) is 2.68. The number of thioether (sulfide) groups is 1. The average Bonchev–Trinajstić information content (AvgIpc) is 2.69. The van der Waals surface area contributed by atoms with Crippen LogP contribution < -0.4 is 5.32 Å². The topological polar surface area (TPSA) is 49.4 Å². The summed E-state index contributed by atoms with van der Waals surface area (Å²) in [7, 11) is 0. The molecule has 0 saturated carbocycles. The van der Waals surface area contributed by atoms with Crippen molar-refractivity contribution in [2.75, 3.05) is 11.1 Å². The van der Waals surface area contributed by atoms with E-state index in [1.54, 1.807) is 11.8 Å². The second-order valence-corrected chi connectivity index (χ2v) is 8.43. The van der Waals surface area contributed by atoms with Crippen molar-refractivity contribution in [3.8, 4) is 0 Å². The maximum Gasteiger partial charge on any atom is 0.254 e. The molecule has 148 valence electrons. The van der Waals surface area contributed by atoms with E-state index >= 15 is 0 Å². The number of hydrogen-bond acceptors (Lipinski definition) is 3. The lowest BCUT2D eigenvalue weighted by Gasteiger charge is -2.39. The maximum atomic E-state index is 12.9. The van der Waals surface area contributed by atoms with Gasteiger partial charge in [-0.15, -0.1) is 11.8 Å². The van der Waals surface area contributed by atoms with Crippen molar-refractivity contribution in [1.82, 2.24) is 4.90 Å². The Labute approximate surface area is 171 Å². The molecular weight excluding hydrogens is 368 g/mol. The van der Waals surface area contributed by atoms with E-state index in [0.29, 0.717) is 17.8 Å². The van der Waals surface area contributed by atoms with E-state index in [9.17, 15) is 9.59 Å². The van der Waals surface area contributed by atoms with Gasteiger partial charge in [0, 0.05) is 29.1 Å². The molecule has 1 heterocycles. The first-order valence-electron chi connectivity index (χ1n) is 9.89. The van der Waals surface area contributed by atoms with E-state index in [2.05, 4.69) is 19.2 Å². The molecule has 2 aromatic carbocycles. The molecule has 4 nitrogen and oxygen atoms in total. The van der Waals surface area contributed by atoms with Crippen LogP contribution in [0, 0.1) is 0 Å². The molecule has 1 N–H and O–H groups in total. The molecular formula is C23H28N2O2S. The molecule has 2 aromatic rings. The highest BCUT2D eigenvalue weighted by atomic mass is 32.2. The standard InChI is InChI=1S/C23H28N2O2S/c1-17-7-6-8-18(2)25(17)23(27)20-13-11-19(12-14-20)15-28-16-22(26)24-21-9-4-3-5-10-21/h3-5,9-14,17-18H,6-8,15-16H2,1-2H3,(H,24,26). The molecule has 2 unspecified atom stereocenters. The van der Waals surface area contributed by atoms with Crippen LogP contribution in [-0.4, -0.2) is 34.6 Å². The number of likely N-dealkylation sites (tertiary alicyclic amines) is 1. The van der Waals surface area contributed by atoms with Crippen molar-refractivity contribution in [3.05, 3.63) is 65.7 Å². The van der Waals surface area contributed by atoms with Crippen molar-refractivity contribution in [1.29, 1.82) is 0 Å². The molecule has 2 atom stereocenters. The number of hydrogen-bond donors (Lipinski definition) is 1. The molecule has 1 aliphatic heterocycles. The lowest BCUT2D eigenvalue weighted by Crippen LogP contribution is -2.47. The summed E-state index contributed by atoms with van der Waals surface area (Å²) in [6, 6.07) is 17.9. The highest BCUT2D eigenvalue weighted by molar-refractivity contribution is 7.99. The van der Waals surface area contributed by atoms with Gasteiger partial charge in [0.05, 0.1) is 5.75 Å². The molecule has 2 amide bonds. The molecule has 5 heteroatoms. The molecule has 28 heavy (non-hydrogen) atoms. The Morgan fingerprint density at radius 1 is 1.00 bits per heavy atom. The third kappa shape index (κ3) is 5.38. The van der Waals surface area contributed by atoms with Crippen LogP contribution in [-0.2, 0) is 10.5 Å². The number of carbonyl (C=O) groups is 2. The number of carbonyl (C=O) groups excluding carboxylic acids is 2. The Hall–Kier alpha value is -2.27. The summed E-state index contributed by atoms with van der Waals surface area (Å²) >= 11 is 1.57. The van der Waals surface area contributed by atoms with Gasteiger partial charge in [-0.3, -0.25) is 9.59 Å². The number of amides is 2. The summed E-state index contributed by atoms with van der Waals surface area (Å²) in [6.45, 7) is 4.28.